The highest BCUT2D eigenvalue weighted by Crippen LogP contribution is 2.29. The number of hydrogen-bond acceptors (Lipinski definition) is 8. The average molecular weight is 454 g/mol. The smallest absolute Gasteiger partial charge is 0.425 e. The van der Waals surface area contributed by atoms with E-state index < -0.39 is 48.4 Å². The van der Waals surface area contributed by atoms with E-state index >= 15 is 0 Å². The van der Waals surface area contributed by atoms with E-state index in [0.29, 0.717) is 5.01 Å². The Morgan fingerprint density at radius 2 is 1.34 bits per heavy atom. The minimum atomic E-state index is -1.36. The summed E-state index contributed by atoms with van der Waals surface area (Å²) in [4.78, 5) is 47.1. The van der Waals surface area contributed by atoms with Crippen LogP contribution in [0, 0.1) is 0 Å². The topological polar surface area (TPSA) is 141 Å². The van der Waals surface area contributed by atoms with E-state index in [9.17, 15) is 19.2 Å². The Hall–Kier alpha value is -3.50. The first kappa shape index (κ1) is 26.5. The molecule has 0 saturated carbocycles. The number of amides is 2. The summed E-state index contributed by atoms with van der Waals surface area (Å²) in [5.41, 5.74) is 0.754. The Morgan fingerprint density at radius 3 is 1.78 bits per heavy atom. The third kappa shape index (κ3) is 10.0. The summed E-state index contributed by atoms with van der Waals surface area (Å²) in [6, 6.07) is 3.94. The van der Waals surface area contributed by atoms with Gasteiger partial charge in [-0.25, -0.2) is 19.4 Å². The van der Waals surface area contributed by atoms with E-state index in [4.69, 9.17) is 24.1 Å². The third-order valence-corrected chi connectivity index (χ3v) is 3.29. The molecule has 11 nitrogen and oxygen atoms in total. The number of hydrazine groups is 1. The number of rotatable bonds is 7. The molecule has 0 heterocycles. The quantitative estimate of drug-likeness (QED) is 0.469. The molecule has 0 aliphatic rings. The maximum absolute atomic E-state index is 12.3. The first-order valence-electron chi connectivity index (χ1n) is 9.68. The van der Waals surface area contributed by atoms with Gasteiger partial charge in [-0.2, -0.15) is 0 Å². The highest BCUT2D eigenvalue weighted by molar-refractivity contribution is 5.95. The summed E-state index contributed by atoms with van der Waals surface area (Å²) in [5, 5.41) is 9.47. The molecule has 1 aromatic rings. The van der Waals surface area contributed by atoms with Gasteiger partial charge < -0.3 is 24.1 Å². The second kappa shape index (κ2) is 10.7. The summed E-state index contributed by atoms with van der Waals surface area (Å²) in [5.74, 6) is -1.97. The molecule has 0 saturated heterocycles. The van der Waals surface area contributed by atoms with Crippen LogP contribution in [-0.2, 0) is 19.1 Å². The second-order valence-corrected chi connectivity index (χ2v) is 8.69. The molecule has 0 atom stereocenters. The Kier molecular flexibility index (Phi) is 8.87. The van der Waals surface area contributed by atoms with Gasteiger partial charge in [0.1, 0.15) is 11.2 Å². The van der Waals surface area contributed by atoms with Crippen molar-refractivity contribution in [3.8, 4) is 11.5 Å². The van der Waals surface area contributed by atoms with Crippen molar-refractivity contribution in [3.63, 3.8) is 0 Å². The van der Waals surface area contributed by atoms with Crippen molar-refractivity contribution in [3.05, 3.63) is 23.8 Å². The van der Waals surface area contributed by atoms with Crippen LogP contribution in [0.4, 0.5) is 4.79 Å². The minimum absolute atomic E-state index is 0.0231. The third-order valence-electron chi connectivity index (χ3n) is 3.29. The van der Waals surface area contributed by atoms with Crippen LogP contribution in [0.15, 0.2) is 18.2 Å². The van der Waals surface area contributed by atoms with E-state index in [1.165, 1.54) is 18.2 Å². The fraction of sp³-hybridized carbons (Fsp3) is 0.524. The Balaban J connectivity index is 3.03. The van der Waals surface area contributed by atoms with Crippen LogP contribution in [-0.4, -0.2) is 65.5 Å². The van der Waals surface area contributed by atoms with Crippen LogP contribution in [0.1, 0.15) is 51.9 Å². The van der Waals surface area contributed by atoms with Gasteiger partial charge in [0.2, 0.25) is 0 Å². The van der Waals surface area contributed by atoms with Crippen molar-refractivity contribution < 1.29 is 43.2 Å². The molecule has 11 heteroatoms. The van der Waals surface area contributed by atoms with Gasteiger partial charge in [0, 0.05) is 12.6 Å². The van der Waals surface area contributed by atoms with Crippen LogP contribution in [0.25, 0.3) is 0 Å². The molecule has 0 aliphatic heterocycles. The molecule has 0 spiro atoms. The largest absolute Gasteiger partial charge is 0.478 e. The fourth-order valence-electron chi connectivity index (χ4n) is 2.16. The van der Waals surface area contributed by atoms with E-state index in [2.05, 4.69) is 5.43 Å². The maximum Gasteiger partial charge on any atom is 0.425 e. The van der Waals surface area contributed by atoms with Crippen LogP contribution in [0.3, 0.4) is 0 Å². The monoisotopic (exact) mass is 454 g/mol. The lowest BCUT2D eigenvalue weighted by Crippen LogP contribution is -2.42. The molecule has 2 N–H and O–H groups in total. The van der Waals surface area contributed by atoms with Crippen molar-refractivity contribution in [2.24, 2.45) is 0 Å². The highest BCUT2D eigenvalue weighted by atomic mass is 16.6. The predicted molar refractivity (Wildman–Crippen MR) is 112 cm³/mol. The van der Waals surface area contributed by atoms with Gasteiger partial charge in [-0.3, -0.25) is 10.2 Å². The molecule has 32 heavy (non-hydrogen) atoms. The zero-order chi connectivity index (χ0) is 24.7. The summed E-state index contributed by atoms with van der Waals surface area (Å²) < 4.78 is 21.3. The number of benzene rings is 1. The number of nitrogens with zero attached hydrogens (tertiary/aromatic N) is 1. The summed E-state index contributed by atoms with van der Waals surface area (Å²) in [6.45, 7) is 9.30. The molecule has 0 aliphatic carbocycles. The minimum Gasteiger partial charge on any atom is -0.478 e. The molecule has 0 bridgehead atoms. The van der Waals surface area contributed by atoms with Gasteiger partial charge in [0.05, 0.1) is 0 Å². The van der Waals surface area contributed by atoms with Crippen LogP contribution in [0.2, 0.25) is 0 Å². The molecular weight excluding hydrogens is 424 g/mol. The molecular formula is C21H30N2O9. The lowest BCUT2D eigenvalue weighted by molar-refractivity contribution is -0.158. The maximum atomic E-state index is 12.3. The molecule has 2 amide bonds. The highest BCUT2D eigenvalue weighted by Gasteiger charge is 2.21. The summed E-state index contributed by atoms with van der Waals surface area (Å²) in [6.07, 6.45) is -1.36. The summed E-state index contributed by atoms with van der Waals surface area (Å²) >= 11 is 0. The van der Waals surface area contributed by atoms with E-state index in [-0.39, 0.29) is 17.1 Å². The van der Waals surface area contributed by atoms with Crippen LogP contribution < -0.4 is 14.9 Å². The van der Waals surface area contributed by atoms with E-state index in [1.54, 1.807) is 41.5 Å². The molecule has 0 fully saturated rings. The van der Waals surface area contributed by atoms with Gasteiger partial charge in [-0.05, 0) is 59.7 Å². The van der Waals surface area contributed by atoms with Crippen LogP contribution in [0.5, 0.6) is 11.5 Å². The predicted octanol–water partition coefficient (Wildman–Crippen LogP) is 2.38. The molecule has 1 aromatic carbocycles. The number of ether oxygens (including phenoxy) is 4. The van der Waals surface area contributed by atoms with Crippen molar-refractivity contribution in [1.82, 2.24) is 10.4 Å². The lowest BCUT2D eigenvalue weighted by atomic mass is 10.2. The first-order chi connectivity index (χ1) is 14.6. The average Bonchev–Trinajstić information content (AvgIpc) is 2.61. The lowest BCUT2D eigenvalue weighted by Gasteiger charge is -2.21. The summed E-state index contributed by atoms with van der Waals surface area (Å²) in [7, 11) is 1.15. The van der Waals surface area contributed by atoms with Crippen molar-refractivity contribution in [2.75, 3.05) is 20.3 Å². The van der Waals surface area contributed by atoms with Gasteiger partial charge in [0.15, 0.2) is 24.7 Å². The van der Waals surface area contributed by atoms with Crippen LogP contribution >= 0.6 is 0 Å². The van der Waals surface area contributed by atoms with E-state index in [1.807, 2.05) is 0 Å². The second-order valence-electron chi connectivity index (χ2n) is 8.69. The van der Waals surface area contributed by atoms with Crippen molar-refractivity contribution in [1.29, 1.82) is 0 Å². The van der Waals surface area contributed by atoms with Gasteiger partial charge in [0.25, 0.3) is 5.91 Å². The standard InChI is InChI=1S/C21H30N2O9/c1-20(2,3)31-16(24)11-29-14-9-8-13(18(26)22-23(7)19(27)28)10-15(14)30-12-17(25)32-21(4,5)6/h8-10H,11-12H2,1-7H3,(H,22,26)(H,27,28). The van der Waals surface area contributed by atoms with Crippen molar-refractivity contribution in [2.45, 2.75) is 52.7 Å². The molecule has 1 rings (SSSR count). The molecule has 0 aromatic heterocycles. The van der Waals surface area contributed by atoms with Gasteiger partial charge in [-0.1, -0.05) is 0 Å². The Bertz CT molecular complexity index is 854. The van der Waals surface area contributed by atoms with Gasteiger partial charge >= 0.3 is 18.0 Å². The number of carboxylic acid groups (broad SMARTS) is 1. The van der Waals surface area contributed by atoms with Gasteiger partial charge in [-0.15, -0.1) is 0 Å². The first-order valence-corrected chi connectivity index (χ1v) is 9.68. The van der Waals surface area contributed by atoms with E-state index in [0.717, 1.165) is 7.05 Å². The number of carbonyl (C=O) groups excluding carboxylic acids is 3. The zero-order valence-corrected chi connectivity index (χ0v) is 19.3. The molecule has 0 unspecified atom stereocenters. The number of esters is 2. The Labute approximate surface area is 186 Å². The SMILES string of the molecule is CN(NC(=O)c1ccc(OCC(=O)OC(C)(C)C)c(OCC(=O)OC(C)(C)C)c1)C(=O)O. The zero-order valence-electron chi connectivity index (χ0n) is 19.3. The molecule has 0 radical (unpaired) electrons. The number of nitrogens with one attached hydrogen (secondary N) is 1. The molecule has 178 valence electrons. The fourth-order valence-corrected chi connectivity index (χ4v) is 2.16. The normalized spacial score (nSPS) is 11.2. The Morgan fingerprint density at radius 1 is 0.875 bits per heavy atom. The number of hydrogen-bond donors (Lipinski definition) is 2. The number of carbonyl (C=O) groups is 4. The van der Waals surface area contributed by atoms with Crippen molar-refractivity contribution >= 4 is 23.9 Å².